The molecule has 0 saturated carbocycles. The van der Waals surface area contributed by atoms with Crippen LogP contribution in [0.15, 0.2) is 18.2 Å². The third-order valence-corrected chi connectivity index (χ3v) is 3.42. The highest BCUT2D eigenvalue weighted by Crippen LogP contribution is 2.26. The monoisotopic (exact) mass is 326 g/mol. The number of carbonyl (C=O) groups excluding carboxylic acids is 1. The van der Waals surface area contributed by atoms with Crippen LogP contribution in [0.3, 0.4) is 0 Å². The summed E-state index contributed by atoms with van der Waals surface area (Å²) >= 11 is 5.78. The third kappa shape index (κ3) is 3.22. The number of hydrogen-bond acceptors (Lipinski definition) is 4. The van der Waals surface area contributed by atoms with Gasteiger partial charge in [-0.2, -0.15) is 4.68 Å². The summed E-state index contributed by atoms with van der Waals surface area (Å²) in [6.45, 7) is 2.95. The Hall–Kier alpha value is -2.48. The second kappa shape index (κ2) is 6.10. The van der Waals surface area contributed by atoms with Crippen molar-refractivity contribution in [3.05, 3.63) is 50.4 Å². The summed E-state index contributed by atoms with van der Waals surface area (Å²) in [7, 11) is 0. The number of aryl methyl sites for hydroxylation is 1. The standard InChI is InChI=1S/C13H12ClFN4O3/c1-7-3-4-9(15)10(5-7)16-11(20)6-18-8(2)12(14)13(17-18)19(21)22/h3-5H,6H2,1-2H3,(H,16,20). The number of nitrogens with zero attached hydrogens (tertiary/aromatic N) is 3. The van der Waals surface area contributed by atoms with Gasteiger partial charge in [-0.25, -0.2) is 4.39 Å². The van der Waals surface area contributed by atoms with E-state index < -0.39 is 22.5 Å². The van der Waals surface area contributed by atoms with E-state index in [0.29, 0.717) is 0 Å². The first-order chi connectivity index (χ1) is 10.3. The van der Waals surface area contributed by atoms with E-state index in [9.17, 15) is 19.3 Å². The molecule has 1 N–H and O–H groups in total. The fourth-order valence-electron chi connectivity index (χ4n) is 1.84. The van der Waals surface area contributed by atoms with Crippen molar-refractivity contribution in [3.8, 4) is 0 Å². The van der Waals surface area contributed by atoms with Crippen molar-refractivity contribution in [2.75, 3.05) is 5.32 Å². The number of anilines is 1. The molecule has 0 spiro atoms. The minimum atomic E-state index is -0.732. The van der Waals surface area contributed by atoms with Gasteiger partial charge in [-0.05, 0) is 36.5 Å². The summed E-state index contributed by atoms with van der Waals surface area (Å²) in [6, 6.07) is 4.30. The normalized spacial score (nSPS) is 10.5. The van der Waals surface area contributed by atoms with Gasteiger partial charge < -0.3 is 15.4 Å². The SMILES string of the molecule is Cc1ccc(F)c(NC(=O)Cn2nc([N+](=O)[O-])c(Cl)c2C)c1. The van der Waals surface area contributed by atoms with Crippen molar-refractivity contribution in [1.82, 2.24) is 9.78 Å². The van der Waals surface area contributed by atoms with E-state index in [-0.39, 0.29) is 22.9 Å². The summed E-state index contributed by atoms with van der Waals surface area (Å²) in [5.74, 6) is -1.66. The zero-order valence-corrected chi connectivity index (χ0v) is 12.5. The van der Waals surface area contributed by atoms with Gasteiger partial charge in [0.25, 0.3) is 0 Å². The largest absolute Gasteiger partial charge is 0.408 e. The molecule has 2 aromatic rings. The van der Waals surface area contributed by atoms with Crippen LogP contribution in [-0.4, -0.2) is 20.6 Å². The van der Waals surface area contributed by atoms with Crippen molar-refractivity contribution < 1.29 is 14.1 Å². The van der Waals surface area contributed by atoms with E-state index >= 15 is 0 Å². The topological polar surface area (TPSA) is 90.1 Å². The number of carbonyl (C=O) groups is 1. The van der Waals surface area contributed by atoms with E-state index in [1.807, 2.05) is 0 Å². The molecule has 0 atom stereocenters. The zero-order chi connectivity index (χ0) is 16.4. The average molecular weight is 327 g/mol. The van der Waals surface area contributed by atoms with E-state index in [0.717, 1.165) is 10.2 Å². The van der Waals surface area contributed by atoms with E-state index in [1.54, 1.807) is 13.0 Å². The number of benzene rings is 1. The highest BCUT2D eigenvalue weighted by atomic mass is 35.5. The van der Waals surface area contributed by atoms with Gasteiger partial charge >= 0.3 is 5.82 Å². The van der Waals surface area contributed by atoms with E-state index in [1.165, 1.54) is 19.1 Å². The van der Waals surface area contributed by atoms with Crippen LogP contribution in [0, 0.1) is 29.8 Å². The van der Waals surface area contributed by atoms with Crippen LogP contribution in [-0.2, 0) is 11.3 Å². The lowest BCUT2D eigenvalue weighted by Crippen LogP contribution is -2.21. The Morgan fingerprint density at radius 3 is 2.77 bits per heavy atom. The van der Waals surface area contributed by atoms with Crippen molar-refractivity contribution >= 4 is 29.0 Å². The van der Waals surface area contributed by atoms with Gasteiger partial charge in [0, 0.05) is 0 Å². The minimum Gasteiger partial charge on any atom is -0.358 e. The van der Waals surface area contributed by atoms with Gasteiger partial charge in [-0.3, -0.25) is 4.79 Å². The van der Waals surface area contributed by atoms with Crippen LogP contribution < -0.4 is 5.32 Å². The highest BCUT2D eigenvalue weighted by molar-refractivity contribution is 6.33. The Labute approximate surface area is 129 Å². The lowest BCUT2D eigenvalue weighted by Gasteiger charge is -2.07. The number of nitrogens with one attached hydrogen (secondary N) is 1. The number of rotatable bonds is 4. The molecule has 0 radical (unpaired) electrons. The summed E-state index contributed by atoms with van der Waals surface area (Å²) in [5.41, 5.74) is 1.11. The molecule has 9 heteroatoms. The predicted octanol–water partition coefficient (Wildman–Crippen LogP) is 2.84. The Morgan fingerprint density at radius 1 is 1.50 bits per heavy atom. The van der Waals surface area contributed by atoms with E-state index in [2.05, 4.69) is 10.4 Å². The second-order valence-corrected chi connectivity index (χ2v) is 5.05. The third-order valence-electron chi connectivity index (χ3n) is 2.98. The molecular weight excluding hydrogens is 315 g/mol. The Balaban J connectivity index is 2.17. The van der Waals surface area contributed by atoms with Crippen LogP contribution in [0.5, 0.6) is 0 Å². The first kappa shape index (κ1) is 15.9. The maximum atomic E-state index is 13.6. The summed E-state index contributed by atoms with van der Waals surface area (Å²) < 4.78 is 14.7. The summed E-state index contributed by atoms with van der Waals surface area (Å²) in [6.07, 6.45) is 0. The van der Waals surface area contributed by atoms with Gasteiger partial charge in [0.05, 0.1) is 16.5 Å². The molecule has 2 rings (SSSR count). The molecule has 0 aliphatic heterocycles. The zero-order valence-electron chi connectivity index (χ0n) is 11.8. The molecular formula is C13H12ClFN4O3. The first-order valence-electron chi connectivity index (χ1n) is 6.23. The molecule has 7 nitrogen and oxygen atoms in total. The fourth-order valence-corrected chi connectivity index (χ4v) is 2.04. The van der Waals surface area contributed by atoms with Crippen LogP contribution in [0.1, 0.15) is 11.3 Å². The summed E-state index contributed by atoms with van der Waals surface area (Å²) in [5, 5.41) is 16.7. The molecule has 0 unspecified atom stereocenters. The highest BCUT2D eigenvalue weighted by Gasteiger charge is 2.25. The second-order valence-electron chi connectivity index (χ2n) is 4.67. The average Bonchev–Trinajstić information content (AvgIpc) is 2.71. The van der Waals surface area contributed by atoms with Crippen LogP contribution in [0.4, 0.5) is 15.9 Å². The summed E-state index contributed by atoms with van der Waals surface area (Å²) in [4.78, 5) is 21.9. The molecule has 0 aliphatic rings. The molecule has 0 saturated heterocycles. The smallest absolute Gasteiger partial charge is 0.358 e. The number of halogens is 2. The number of amides is 1. The molecule has 1 heterocycles. The first-order valence-corrected chi connectivity index (χ1v) is 6.60. The van der Waals surface area contributed by atoms with Gasteiger partial charge in [0.15, 0.2) is 5.02 Å². The molecule has 1 aromatic heterocycles. The van der Waals surface area contributed by atoms with Gasteiger partial charge in [0.2, 0.25) is 5.91 Å². The van der Waals surface area contributed by atoms with Crippen molar-refractivity contribution in [1.29, 1.82) is 0 Å². The maximum Gasteiger partial charge on any atom is 0.408 e. The molecule has 22 heavy (non-hydrogen) atoms. The van der Waals surface area contributed by atoms with Gasteiger partial charge in [-0.1, -0.05) is 17.7 Å². The molecule has 116 valence electrons. The lowest BCUT2D eigenvalue weighted by atomic mass is 10.2. The van der Waals surface area contributed by atoms with Crippen LogP contribution in [0.2, 0.25) is 5.02 Å². The molecule has 1 aromatic carbocycles. The van der Waals surface area contributed by atoms with Gasteiger partial charge in [0.1, 0.15) is 12.4 Å². The molecule has 0 bridgehead atoms. The molecule has 0 fully saturated rings. The van der Waals surface area contributed by atoms with Crippen LogP contribution in [0.25, 0.3) is 0 Å². The Bertz CT molecular complexity index is 760. The van der Waals surface area contributed by atoms with E-state index in [4.69, 9.17) is 11.6 Å². The maximum absolute atomic E-state index is 13.6. The number of aromatic nitrogens is 2. The quantitative estimate of drug-likeness (QED) is 0.691. The van der Waals surface area contributed by atoms with Crippen LogP contribution >= 0.6 is 11.6 Å². The fraction of sp³-hybridized carbons (Fsp3) is 0.231. The minimum absolute atomic E-state index is 0.0374. The van der Waals surface area contributed by atoms with Gasteiger partial charge in [-0.15, -0.1) is 0 Å². The Kier molecular flexibility index (Phi) is 4.41. The predicted molar refractivity (Wildman–Crippen MR) is 78.4 cm³/mol. The van der Waals surface area contributed by atoms with Crippen molar-refractivity contribution in [2.45, 2.75) is 20.4 Å². The van der Waals surface area contributed by atoms with Crippen molar-refractivity contribution in [3.63, 3.8) is 0 Å². The Morgan fingerprint density at radius 2 is 2.18 bits per heavy atom. The number of hydrogen-bond donors (Lipinski definition) is 1. The molecule has 1 amide bonds. The lowest BCUT2D eigenvalue weighted by molar-refractivity contribution is -0.389. The number of nitro groups is 1. The van der Waals surface area contributed by atoms with Crippen molar-refractivity contribution in [2.24, 2.45) is 0 Å². The molecule has 0 aliphatic carbocycles.